The molecule has 0 aliphatic rings. The summed E-state index contributed by atoms with van der Waals surface area (Å²) in [6.45, 7) is 2.14. The molecule has 0 aliphatic heterocycles. The van der Waals surface area contributed by atoms with Gasteiger partial charge in [-0.25, -0.2) is 0 Å². The Balaban J connectivity index is 1.98. The van der Waals surface area contributed by atoms with Crippen LogP contribution >= 0.6 is 15.9 Å². The van der Waals surface area contributed by atoms with Gasteiger partial charge in [0.2, 0.25) is 0 Å². The minimum atomic E-state index is -0.201. The van der Waals surface area contributed by atoms with Crippen molar-refractivity contribution in [1.29, 1.82) is 0 Å². The first-order valence-electron chi connectivity index (χ1n) is 4.96. The van der Waals surface area contributed by atoms with Crippen LogP contribution in [0, 0.1) is 6.92 Å². The fourth-order valence-electron chi connectivity index (χ4n) is 1.31. The molecule has 2 aromatic heterocycles. The van der Waals surface area contributed by atoms with Crippen LogP contribution in [-0.2, 0) is 6.54 Å². The molecule has 0 unspecified atom stereocenters. The Morgan fingerprint density at radius 2 is 2.29 bits per heavy atom. The van der Waals surface area contributed by atoms with Gasteiger partial charge in [-0.1, -0.05) is 5.16 Å². The first-order valence-corrected chi connectivity index (χ1v) is 5.75. The van der Waals surface area contributed by atoms with Crippen molar-refractivity contribution in [2.45, 2.75) is 13.5 Å². The number of carbonyl (C=O) groups is 1. The van der Waals surface area contributed by atoms with Crippen molar-refractivity contribution in [2.75, 3.05) is 0 Å². The molecule has 0 aliphatic carbocycles. The Morgan fingerprint density at radius 1 is 1.47 bits per heavy atom. The van der Waals surface area contributed by atoms with E-state index >= 15 is 0 Å². The number of nitrogens with zero attached hydrogens (tertiary/aromatic N) is 2. The van der Waals surface area contributed by atoms with Gasteiger partial charge in [-0.05, 0) is 28.9 Å². The molecule has 2 rings (SSSR count). The number of nitrogens with one attached hydrogen (secondary N) is 1. The lowest BCUT2D eigenvalue weighted by atomic mass is 10.2. The molecule has 0 atom stereocenters. The highest BCUT2D eigenvalue weighted by atomic mass is 79.9. The number of aromatic nitrogens is 2. The number of pyridine rings is 1. The Labute approximate surface area is 106 Å². The zero-order valence-corrected chi connectivity index (χ0v) is 10.7. The molecule has 1 N–H and O–H groups in total. The van der Waals surface area contributed by atoms with Crippen LogP contribution in [0.15, 0.2) is 33.5 Å². The summed E-state index contributed by atoms with van der Waals surface area (Å²) >= 11 is 3.26. The van der Waals surface area contributed by atoms with Crippen LogP contribution in [0.25, 0.3) is 0 Å². The minimum Gasteiger partial charge on any atom is -0.359 e. The van der Waals surface area contributed by atoms with Gasteiger partial charge in [0.1, 0.15) is 0 Å². The van der Waals surface area contributed by atoms with Gasteiger partial charge < -0.3 is 9.84 Å². The monoisotopic (exact) mass is 295 g/mol. The SMILES string of the molecule is Cc1cc(CNC(=O)c2cncc(Br)c2)on1. The third-order valence-electron chi connectivity index (χ3n) is 2.07. The molecule has 0 aromatic carbocycles. The van der Waals surface area contributed by atoms with Crippen LogP contribution in [0.1, 0.15) is 21.8 Å². The maximum Gasteiger partial charge on any atom is 0.253 e. The quantitative estimate of drug-likeness (QED) is 0.941. The van der Waals surface area contributed by atoms with Crippen molar-refractivity contribution in [1.82, 2.24) is 15.5 Å². The van der Waals surface area contributed by atoms with Gasteiger partial charge in [-0.15, -0.1) is 0 Å². The number of rotatable bonds is 3. The summed E-state index contributed by atoms with van der Waals surface area (Å²) in [5.41, 5.74) is 1.29. The summed E-state index contributed by atoms with van der Waals surface area (Å²) in [7, 11) is 0. The lowest BCUT2D eigenvalue weighted by Gasteiger charge is -2.02. The van der Waals surface area contributed by atoms with E-state index in [-0.39, 0.29) is 5.91 Å². The predicted octanol–water partition coefficient (Wildman–Crippen LogP) is 2.07. The highest BCUT2D eigenvalue weighted by Gasteiger charge is 2.07. The number of hydrogen-bond donors (Lipinski definition) is 1. The second kappa shape index (κ2) is 5.09. The van der Waals surface area contributed by atoms with E-state index in [0.717, 1.165) is 10.2 Å². The highest BCUT2D eigenvalue weighted by molar-refractivity contribution is 9.10. The van der Waals surface area contributed by atoms with Crippen LogP contribution in [0.2, 0.25) is 0 Å². The summed E-state index contributed by atoms with van der Waals surface area (Å²) in [5.74, 6) is 0.423. The maximum atomic E-state index is 11.7. The minimum absolute atomic E-state index is 0.201. The molecule has 0 fully saturated rings. The van der Waals surface area contributed by atoms with Gasteiger partial charge in [0.05, 0.1) is 17.8 Å². The van der Waals surface area contributed by atoms with E-state index in [1.165, 1.54) is 6.20 Å². The van der Waals surface area contributed by atoms with Crippen LogP contribution in [0.5, 0.6) is 0 Å². The van der Waals surface area contributed by atoms with Gasteiger partial charge >= 0.3 is 0 Å². The average molecular weight is 296 g/mol. The molecule has 17 heavy (non-hydrogen) atoms. The lowest BCUT2D eigenvalue weighted by Crippen LogP contribution is -2.22. The smallest absolute Gasteiger partial charge is 0.253 e. The molecule has 2 heterocycles. The second-order valence-corrected chi connectivity index (χ2v) is 4.42. The summed E-state index contributed by atoms with van der Waals surface area (Å²) in [6.07, 6.45) is 3.13. The standard InChI is InChI=1S/C11H10BrN3O2/c1-7-2-10(17-15-7)6-14-11(16)8-3-9(12)5-13-4-8/h2-5H,6H2,1H3,(H,14,16). The normalized spacial score (nSPS) is 10.2. The van der Waals surface area contributed by atoms with Crippen LogP contribution in [-0.4, -0.2) is 16.0 Å². The number of carbonyl (C=O) groups excluding carboxylic acids is 1. The predicted molar refractivity (Wildman–Crippen MR) is 64.3 cm³/mol. The van der Waals surface area contributed by atoms with Gasteiger partial charge in [0.15, 0.2) is 5.76 Å². The third-order valence-corrected chi connectivity index (χ3v) is 2.50. The van der Waals surface area contributed by atoms with Crippen molar-refractivity contribution in [3.05, 3.63) is 46.0 Å². The zero-order chi connectivity index (χ0) is 12.3. The molecular weight excluding hydrogens is 286 g/mol. The molecule has 2 aromatic rings. The summed E-state index contributed by atoms with van der Waals surface area (Å²) < 4.78 is 5.75. The van der Waals surface area contributed by atoms with Crippen molar-refractivity contribution in [3.8, 4) is 0 Å². The Morgan fingerprint density at radius 3 is 2.94 bits per heavy atom. The molecule has 0 radical (unpaired) electrons. The van der Waals surface area contributed by atoms with Gasteiger partial charge in [0, 0.05) is 22.9 Å². The van der Waals surface area contributed by atoms with Gasteiger partial charge in [0.25, 0.3) is 5.91 Å². The number of hydrogen-bond acceptors (Lipinski definition) is 4. The summed E-state index contributed by atoms with van der Waals surface area (Å²) in [4.78, 5) is 15.7. The molecule has 0 saturated carbocycles. The van der Waals surface area contributed by atoms with E-state index in [9.17, 15) is 4.79 Å². The van der Waals surface area contributed by atoms with Crippen LogP contribution < -0.4 is 5.32 Å². The van der Waals surface area contributed by atoms with Crippen molar-refractivity contribution < 1.29 is 9.32 Å². The van der Waals surface area contributed by atoms with Crippen LogP contribution in [0.3, 0.4) is 0 Å². The molecule has 1 amide bonds. The summed E-state index contributed by atoms with van der Waals surface area (Å²) in [5, 5.41) is 6.46. The topological polar surface area (TPSA) is 68.0 Å². The largest absolute Gasteiger partial charge is 0.359 e. The van der Waals surface area contributed by atoms with E-state index in [1.54, 1.807) is 18.3 Å². The fourth-order valence-corrected chi connectivity index (χ4v) is 1.67. The number of aryl methyl sites for hydroxylation is 1. The van der Waals surface area contributed by atoms with E-state index in [2.05, 4.69) is 31.4 Å². The van der Waals surface area contributed by atoms with Crippen molar-refractivity contribution in [3.63, 3.8) is 0 Å². The highest BCUT2D eigenvalue weighted by Crippen LogP contribution is 2.09. The Hall–Kier alpha value is -1.69. The maximum absolute atomic E-state index is 11.7. The van der Waals surface area contributed by atoms with E-state index in [0.29, 0.717) is 17.9 Å². The first-order chi connectivity index (χ1) is 8.15. The lowest BCUT2D eigenvalue weighted by molar-refractivity contribution is 0.0946. The van der Waals surface area contributed by atoms with E-state index < -0.39 is 0 Å². The molecule has 0 bridgehead atoms. The first kappa shape index (κ1) is 11.8. The molecule has 88 valence electrons. The molecule has 6 heteroatoms. The van der Waals surface area contributed by atoms with Gasteiger partial charge in [-0.2, -0.15) is 0 Å². The fraction of sp³-hybridized carbons (Fsp3) is 0.182. The van der Waals surface area contributed by atoms with E-state index in [1.807, 2.05) is 6.92 Å². The second-order valence-electron chi connectivity index (χ2n) is 3.51. The zero-order valence-electron chi connectivity index (χ0n) is 9.11. The molecule has 5 nitrogen and oxygen atoms in total. The van der Waals surface area contributed by atoms with Gasteiger partial charge in [-0.3, -0.25) is 9.78 Å². The number of amides is 1. The average Bonchev–Trinajstić information content (AvgIpc) is 2.72. The third kappa shape index (κ3) is 3.13. The van der Waals surface area contributed by atoms with Crippen LogP contribution in [0.4, 0.5) is 0 Å². The number of halogens is 1. The Bertz CT molecular complexity index is 539. The van der Waals surface area contributed by atoms with Crippen molar-refractivity contribution >= 4 is 21.8 Å². The Kier molecular flexibility index (Phi) is 3.53. The van der Waals surface area contributed by atoms with E-state index in [4.69, 9.17) is 4.52 Å². The summed E-state index contributed by atoms with van der Waals surface area (Å²) in [6, 6.07) is 3.48. The van der Waals surface area contributed by atoms with Crippen molar-refractivity contribution in [2.24, 2.45) is 0 Å². The molecule has 0 spiro atoms. The molecular formula is C11H10BrN3O2. The molecule has 0 saturated heterocycles.